The highest BCUT2D eigenvalue weighted by molar-refractivity contribution is 6.01. The van der Waals surface area contributed by atoms with Crippen molar-refractivity contribution in [3.63, 3.8) is 0 Å². The largest absolute Gasteiger partial charge is 0.497 e. The second-order valence-corrected chi connectivity index (χ2v) is 3.27. The van der Waals surface area contributed by atoms with Crippen LogP contribution in [0.25, 0.3) is 0 Å². The Kier molecular flexibility index (Phi) is 3.88. The molecule has 1 aromatic rings. The number of rotatable bonds is 5. The Morgan fingerprint density at radius 1 is 1.38 bits per heavy atom. The molecule has 5 heteroatoms. The van der Waals surface area contributed by atoms with Gasteiger partial charge in [-0.25, -0.2) is 0 Å². The van der Waals surface area contributed by atoms with Gasteiger partial charge in [-0.2, -0.15) is 0 Å². The van der Waals surface area contributed by atoms with Crippen molar-refractivity contribution < 1.29 is 19.4 Å². The van der Waals surface area contributed by atoms with E-state index >= 15 is 0 Å². The van der Waals surface area contributed by atoms with E-state index < -0.39 is 5.97 Å². The number of carboxylic acid groups (broad SMARTS) is 1. The first kappa shape index (κ1) is 12.0. The number of carbonyl (C=O) groups is 2. The van der Waals surface area contributed by atoms with Crippen molar-refractivity contribution in [2.24, 2.45) is 0 Å². The number of aliphatic carboxylic acids is 1. The van der Waals surface area contributed by atoms with Crippen molar-refractivity contribution in [1.82, 2.24) is 0 Å². The van der Waals surface area contributed by atoms with E-state index in [0.29, 0.717) is 17.0 Å². The highest BCUT2D eigenvalue weighted by Gasteiger charge is 2.11. The molecule has 0 aliphatic heterocycles. The lowest BCUT2D eigenvalue weighted by Gasteiger charge is -2.06. The summed E-state index contributed by atoms with van der Waals surface area (Å²) >= 11 is 0. The lowest BCUT2D eigenvalue weighted by molar-refractivity contribution is -0.136. The van der Waals surface area contributed by atoms with E-state index in [1.807, 2.05) is 0 Å². The third kappa shape index (κ3) is 2.98. The molecule has 0 amide bonds. The molecule has 1 aromatic carbocycles. The summed E-state index contributed by atoms with van der Waals surface area (Å²) in [5.74, 6) is -0.713. The molecule has 0 saturated carbocycles. The van der Waals surface area contributed by atoms with E-state index in [0.717, 1.165) is 0 Å². The number of carbonyl (C=O) groups excluding carboxylic acids is 1. The molecule has 1 rings (SSSR count). The number of hydrogen-bond acceptors (Lipinski definition) is 4. The Morgan fingerprint density at radius 3 is 2.56 bits per heavy atom. The number of ether oxygens (including phenoxy) is 1. The van der Waals surface area contributed by atoms with Gasteiger partial charge in [0.1, 0.15) is 5.75 Å². The zero-order valence-corrected chi connectivity index (χ0v) is 8.90. The molecule has 0 fully saturated rings. The van der Waals surface area contributed by atoms with Gasteiger partial charge >= 0.3 is 5.97 Å². The monoisotopic (exact) mass is 223 g/mol. The maximum absolute atomic E-state index is 11.6. The average Bonchev–Trinajstić information content (AvgIpc) is 2.25. The second-order valence-electron chi connectivity index (χ2n) is 3.27. The van der Waals surface area contributed by atoms with Gasteiger partial charge in [0.05, 0.1) is 13.5 Å². The van der Waals surface area contributed by atoms with Crippen LogP contribution in [0.1, 0.15) is 23.2 Å². The summed E-state index contributed by atoms with van der Waals surface area (Å²) in [4.78, 5) is 21.9. The van der Waals surface area contributed by atoms with Crippen molar-refractivity contribution in [3.05, 3.63) is 23.8 Å². The van der Waals surface area contributed by atoms with Crippen LogP contribution >= 0.6 is 0 Å². The highest BCUT2D eigenvalue weighted by atomic mass is 16.5. The van der Waals surface area contributed by atoms with E-state index in [4.69, 9.17) is 15.6 Å². The SMILES string of the molecule is COc1ccc(C(=O)CCC(=O)O)c(N)c1. The van der Waals surface area contributed by atoms with E-state index in [2.05, 4.69) is 0 Å². The predicted octanol–water partition coefficient (Wildman–Crippen LogP) is 1.32. The van der Waals surface area contributed by atoms with E-state index in [1.165, 1.54) is 13.2 Å². The fraction of sp³-hybridized carbons (Fsp3) is 0.273. The molecule has 0 heterocycles. The van der Waals surface area contributed by atoms with Crippen LogP contribution in [0.3, 0.4) is 0 Å². The van der Waals surface area contributed by atoms with Crippen LogP contribution in [-0.2, 0) is 4.79 Å². The van der Waals surface area contributed by atoms with Crippen molar-refractivity contribution in [2.45, 2.75) is 12.8 Å². The summed E-state index contributed by atoms with van der Waals surface area (Å²) in [7, 11) is 1.50. The molecule has 0 spiro atoms. The number of Topliss-reactive ketones (excluding diaryl/α,β-unsaturated/α-hetero) is 1. The van der Waals surface area contributed by atoms with Gasteiger partial charge in [-0.3, -0.25) is 9.59 Å². The van der Waals surface area contributed by atoms with Gasteiger partial charge in [0, 0.05) is 23.7 Å². The van der Waals surface area contributed by atoms with Crippen LogP contribution in [0.4, 0.5) is 5.69 Å². The summed E-state index contributed by atoms with van der Waals surface area (Å²) in [6.07, 6.45) is -0.240. The van der Waals surface area contributed by atoms with Gasteiger partial charge in [0.2, 0.25) is 0 Å². The maximum Gasteiger partial charge on any atom is 0.303 e. The van der Waals surface area contributed by atoms with Crippen molar-refractivity contribution in [2.75, 3.05) is 12.8 Å². The van der Waals surface area contributed by atoms with Crippen molar-refractivity contribution in [1.29, 1.82) is 0 Å². The summed E-state index contributed by atoms with van der Waals surface area (Å²) in [5, 5.41) is 8.46. The smallest absolute Gasteiger partial charge is 0.303 e. The van der Waals surface area contributed by atoms with Gasteiger partial charge in [-0.1, -0.05) is 0 Å². The second kappa shape index (κ2) is 5.16. The Morgan fingerprint density at radius 2 is 2.06 bits per heavy atom. The van der Waals surface area contributed by atoms with Gasteiger partial charge in [-0.15, -0.1) is 0 Å². The van der Waals surface area contributed by atoms with Gasteiger partial charge in [0.15, 0.2) is 5.78 Å². The number of nitrogens with two attached hydrogens (primary N) is 1. The average molecular weight is 223 g/mol. The Bertz CT molecular complexity index is 414. The summed E-state index contributed by atoms with van der Waals surface area (Å²) in [6, 6.07) is 4.69. The molecule has 0 bridgehead atoms. The summed E-state index contributed by atoms with van der Waals surface area (Å²) in [6.45, 7) is 0. The topological polar surface area (TPSA) is 89.6 Å². The molecular weight excluding hydrogens is 210 g/mol. The zero-order chi connectivity index (χ0) is 12.1. The van der Waals surface area contributed by atoms with Crippen molar-refractivity contribution >= 4 is 17.4 Å². The molecule has 0 aliphatic carbocycles. The quantitative estimate of drug-likeness (QED) is 0.580. The number of ketones is 1. The van der Waals surface area contributed by atoms with Crippen molar-refractivity contribution in [3.8, 4) is 5.75 Å². The minimum atomic E-state index is -1.000. The minimum Gasteiger partial charge on any atom is -0.497 e. The Balaban J connectivity index is 2.79. The molecule has 86 valence electrons. The Hall–Kier alpha value is -2.04. The Labute approximate surface area is 92.8 Å². The highest BCUT2D eigenvalue weighted by Crippen LogP contribution is 2.21. The number of hydrogen-bond donors (Lipinski definition) is 2. The standard InChI is InChI=1S/C11H13NO4/c1-16-7-2-3-8(9(12)6-7)10(13)4-5-11(14)15/h2-3,6H,4-5,12H2,1H3,(H,14,15). The van der Waals surface area contributed by atoms with Gasteiger partial charge in [0.25, 0.3) is 0 Å². The lowest BCUT2D eigenvalue weighted by Crippen LogP contribution is -2.06. The molecular formula is C11H13NO4. The number of carboxylic acids is 1. The molecule has 0 saturated heterocycles. The number of nitrogen functional groups attached to an aromatic ring is 1. The third-order valence-electron chi connectivity index (χ3n) is 2.13. The van der Waals surface area contributed by atoms with E-state index in [1.54, 1.807) is 12.1 Å². The first-order chi connectivity index (χ1) is 7.54. The molecule has 0 aliphatic rings. The lowest BCUT2D eigenvalue weighted by atomic mass is 10.0. The maximum atomic E-state index is 11.6. The molecule has 0 atom stereocenters. The number of anilines is 1. The molecule has 0 radical (unpaired) electrons. The molecule has 5 nitrogen and oxygen atoms in total. The fourth-order valence-corrected chi connectivity index (χ4v) is 1.28. The van der Waals surface area contributed by atoms with Crippen LogP contribution in [-0.4, -0.2) is 24.0 Å². The molecule has 16 heavy (non-hydrogen) atoms. The number of benzene rings is 1. The van der Waals surface area contributed by atoms with E-state index in [9.17, 15) is 9.59 Å². The molecule has 0 aromatic heterocycles. The van der Waals surface area contributed by atoms with Crippen LogP contribution in [0.2, 0.25) is 0 Å². The normalized spacial score (nSPS) is 9.81. The zero-order valence-electron chi connectivity index (χ0n) is 8.90. The predicted molar refractivity (Wildman–Crippen MR) is 58.6 cm³/mol. The van der Waals surface area contributed by atoms with Gasteiger partial charge in [-0.05, 0) is 12.1 Å². The van der Waals surface area contributed by atoms with E-state index in [-0.39, 0.29) is 18.6 Å². The first-order valence-electron chi connectivity index (χ1n) is 4.73. The van der Waals surface area contributed by atoms with Gasteiger partial charge < -0.3 is 15.6 Å². The summed E-state index contributed by atoms with van der Waals surface area (Å²) < 4.78 is 4.94. The van der Waals surface area contributed by atoms with Crippen LogP contribution in [0, 0.1) is 0 Å². The molecule has 0 unspecified atom stereocenters. The first-order valence-corrected chi connectivity index (χ1v) is 4.73. The third-order valence-corrected chi connectivity index (χ3v) is 2.13. The van der Waals surface area contributed by atoms with Crippen LogP contribution < -0.4 is 10.5 Å². The van der Waals surface area contributed by atoms with Crippen LogP contribution in [0.5, 0.6) is 5.75 Å². The summed E-state index contributed by atoms with van der Waals surface area (Å²) in [5.41, 5.74) is 6.29. The fourth-order valence-electron chi connectivity index (χ4n) is 1.28. The minimum absolute atomic E-state index is 0.0497. The van der Waals surface area contributed by atoms with Crippen LogP contribution in [0.15, 0.2) is 18.2 Å². The molecule has 3 N–H and O–H groups in total. The number of methoxy groups -OCH3 is 1.